The Morgan fingerprint density at radius 2 is 2.08 bits per heavy atom. The van der Waals surface area contributed by atoms with Crippen molar-refractivity contribution in [3.63, 3.8) is 0 Å². The van der Waals surface area contributed by atoms with Crippen LogP contribution in [0.1, 0.15) is 0 Å². The first-order valence-corrected chi connectivity index (χ1v) is 4.15. The van der Waals surface area contributed by atoms with Gasteiger partial charge in [0.25, 0.3) is 0 Å². The van der Waals surface area contributed by atoms with Crippen LogP contribution in [0.5, 0.6) is 5.75 Å². The summed E-state index contributed by atoms with van der Waals surface area (Å²) >= 11 is 11.3. The second kappa shape index (κ2) is 4.35. The van der Waals surface area contributed by atoms with E-state index in [-0.39, 0.29) is 0 Å². The number of benzene rings is 1. The van der Waals surface area contributed by atoms with Crippen LogP contribution >= 0.6 is 23.2 Å². The number of aliphatic carboxylic acids is 1. The quantitative estimate of drug-likeness (QED) is 0.852. The molecule has 1 aromatic carbocycles. The molecular weight excluding hydrogens is 215 g/mol. The molecule has 3 nitrogen and oxygen atoms in total. The Kier molecular flexibility index (Phi) is 3.39. The number of hydrogen-bond acceptors (Lipinski definition) is 2. The lowest BCUT2D eigenvalue weighted by molar-refractivity contribution is -0.139. The minimum Gasteiger partial charge on any atom is -0.482 e. The van der Waals surface area contributed by atoms with E-state index in [9.17, 15) is 4.79 Å². The Morgan fingerprint density at radius 3 is 2.62 bits per heavy atom. The summed E-state index contributed by atoms with van der Waals surface area (Å²) < 4.78 is 4.86. The lowest BCUT2D eigenvalue weighted by atomic mass is 10.3. The lowest BCUT2D eigenvalue weighted by Gasteiger charge is -2.03. The first kappa shape index (κ1) is 10.2. The molecule has 0 unspecified atom stereocenters. The van der Waals surface area contributed by atoms with Crippen LogP contribution in [0.3, 0.4) is 0 Å². The first-order valence-electron chi connectivity index (χ1n) is 3.39. The molecule has 1 N–H and O–H groups in total. The van der Waals surface area contributed by atoms with E-state index in [1.165, 1.54) is 6.07 Å². The zero-order valence-electron chi connectivity index (χ0n) is 6.46. The molecule has 0 aliphatic heterocycles. The zero-order chi connectivity index (χ0) is 9.84. The Bertz CT molecular complexity index is 325. The third-order valence-electron chi connectivity index (χ3n) is 1.25. The van der Waals surface area contributed by atoms with Gasteiger partial charge >= 0.3 is 5.97 Å². The molecule has 0 saturated heterocycles. The molecule has 1 rings (SSSR count). The monoisotopic (exact) mass is 220 g/mol. The zero-order valence-corrected chi connectivity index (χ0v) is 7.97. The van der Waals surface area contributed by atoms with Crippen LogP contribution in [-0.4, -0.2) is 17.7 Å². The summed E-state index contributed by atoms with van der Waals surface area (Å²) in [4.78, 5) is 10.1. The van der Waals surface area contributed by atoms with Crippen molar-refractivity contribution < 1.29 is 14.6 Å². The van der Waals surface area contributed by atoms with E-state index in [1.54, 1.807) is 12.1 Å². The minimum atomic E-state index is -1.04. The lowest BCUT2D eigenvalue weighted by Crippen LogP contribution is -2.09. The highest BCUT2D eigenvalue weighted by Gasteiger charge is 2.02. The van der Waals surface area contributed by atoms with Gasteiger partial charge in [-0.3, -0.25) is 0 Å². The van der Waals surface area contributed by atoms with Crippen LogP contribution in [0.4, 0.5) is 0 Å². The molecule has 0 aromatic heterocycles. The molecule has 0 spiro atoms. The van der Waals surface area contributed by atoms with E-state index >= 15 is 0 Å². The summed E-state index contributed by atoms with van der Waals surface area (Å²) in [5.74, 6) is -0.650. The Hall–Kier alpha value is -0.930. The summed E-state index contributed by atoms with van der Waals surface area (Å²) in [7, 11) is 0. The van der Waals surface area contributed by atoms with Crippen molar-refractivity contribution in [2.45, 2.75) is 0 Å². The second-order valence-electron chi connectivity index (χ2n) is 2.26. The molecule has 70 valence electrons. The third kappa shape index (κ3) is 3.13. The molecule has 0 saturated carbocycles. The average Bonchev–Trinajstić information content (AvgIpc) is 2.07. The van der Waals surface area contributed by atoms with Gasteiger partial charge in [-0.15, -0.1) is 0 Å². The van der Waals surface area contributed by atoms with Gasteiger partial charge in [-0.05, 0) is 12.1 Å². The number of rotatable bonds is 3. The van der Waals surface area contributed by atoms with Gasteiger partial charge in [0.1, 0.15) is 5.75 Å². The van der Waals surface area contributed by atoms with E-state index in [0.29, 0.717) is 15.8 Å². The summed E-state index contributed by atoms with van der Waals surface area (Å²) in [6.45, 7) is -0.391. The number of carboxylic acid groups (broad SMARTS) is 1. The van der Waals surface area contributed by atoms with E-state index in [1.807, 2.05) is 0 Å². The molecule has 0 radical (unpaired) electrons. The molecular formula is C8H6Cl2O3. The van der Waals surface area contributed by atoms with Crippen LogP contribution in [0.25, 0.3) is 0 Å². The van der Waals surface area contributed by atoms with Crippen LogP contribution in [0.15, 0.2) is 18.2 Å². The third-order valence-corrected chi connectivity index (χ3v) is 1.99. The maximum absolute atomic E-state index is 10.1. The van der Waals surface area contributed by atoms with E-state index in [4.69, 9.17) is 33.0 Å². The Labute approximate surface area is 84.8 Å². The highest BCUT2D eigenvalue weighted by Crippen LogP contribution is 2.26. The van der Waals surface area contributed by atoms with Gasteiger partial charge in [-0.1, -0.05) is 23.2 Å². The normalized spacial score (nSPS) is 9.69. The number of ether oxygens (including phenoxy) is 1. The van der Waals surface area contributed by atoms with Crippen LogP contribution in [-0.2, 0) is 4.79 Å². The fraction of sp³-hybridized carbons (Fsp3) is 0.125. The largest absolute Gasteiger partial charge is 0.482 e. The van der Waals surface area contributed by atoms with Gasteiger partial charge in [0.05, 0.1) is 10.0 Å². The number of carboxylic acids is 1. The van der Waals surface area contributed by atoms with Crippen LogP contribution in [0, 0.1) is 0 Å². The maximum atomic E-state index is 10.1. The predicted molar refractivity (Wildman–Crippen MR) is 49.6 cm³/mol. The summed E-state index contributed by atoms with van der Waals surface area (Å²) in [5, 5.41) is 9.06. The fourth-order valence-electron chi connectivity index (χ4n) is 0.712. The fourth-order valence-corrected chi connectivity index (χ4v) is 1.000. The molecule has 0 amide bonds. The maximum Gasteiger partial charge on any atom is 0.341 e. The van der Waals surface area contributed by atoms with E-state index < -0.39 is 12.6 Å². The average molecular weight is 221 g/mol. The molecule has 5 heteroatoms. The van der Waals surface area contributed by atoms with Crippen LogP contribution in [0.2, 0.25) is 10.0 Å². The summed E-state index contributed by atoms with van der Waals surface area (Å²) in [6.07, 6.45) is 0. The van der Waals surface area contributed by atoms with Crippen molar-refractivity contribution in [1.82, 2.24) is 0 Å². The topological polar surface area (TPSA) is 46.5 Å². The molecule has 13 heavy (non-hydrogen) atoms. The molecule has 0 fully saturated rings. The molecule has 0 atom stereocenters. The van der Waals surface area contributed by atoms with Gasteiger partial charge in [-0.2, -0.15) is 0 Å². The second-order valence-corrected chi connectivity index (χ2v) is 3.07. The van der Waals surface area contributed by atoms with Crippen molar-refractivity contribution in [3.05, 3.63) is 28.2 Å². The smallest absolute Gasteiger partial charge is 0.341 e. The van der Waals surface area contributed by atoms with Crippen molar-refractivity contribution in [3.8, 4) is 5.75 Å². The predicted octanol–water partition coefficient (Wildman–Crippen LogP) is 2.46. The number of halogens is 2. The van der Waals surface area contributed by atoms with Crippen LogP contribution < -0.4 is 4.74 Å². The highest BCUT2D eigenvalue weighted by molar-refractivity contribution is 6.42. The number of carbonyl (C=O) groups is 1. The van der Waals surface area contributed by atoms with Gasteiger partial charge in [-0.25, -0.2) is 4.79 Å². The van der Waals surface area contributed by atoms with Crippen molar-refractivity contribution in [1.29, 1.82) is 0 Å². The van der Waals surface area contributed by atoms with Crippen molar-refractivity contribution >= 4 is 29.2 Å². The molecule has 0 aliphatic rings. The molecule has 1 aromatic rings. The van der Waals surface area contributed by atoms with E-state index in [2.05, 4.69) is 0 Å². The first-order chi connectivity index (χ1) is 6.09. The molecule has 0 bridgehead atoms. The molecule has 0 aliphatic carbocycles. The van der Waals surface area contributed by atoms with Crippen molar-refractivity contribution in [2.75, 3.05) is 6.61 Å². The van der Waals surface area contributed by atoms with Gasteiger partial charge in [0.2, 0.25) is 0 Å². The number of hydrogen-bond donors (Lipinski definition) is 1. The summed E-state index contributed by atoms with van der Waals surface area (Å²) in [5.41, 5.74) is 0. The molecule has 0 heterocycles. The standard InChI is InChI=1S/C8H6Cl2O3/c9-6-2-1-5(3-7(6)10)13-4-8(11)12/h1-3H,4H2,(H,11,12). The van der Waals surface area contributed by atoms with Gasteiger partial charge in [0, 0.05) is 6.07 Å². The van der Waals surface area contributed by atoms with E-state index in [0.717, 1.165) is 0 Å². The van der Waals surface area contributed by atoms with Gasteiger partial charge in [0.15, 0.2) is 6.61 Å². The highest BCUT2D eigenvalue weighted by atomic mass is 35.5. The minimum absolute atomic E-state index is 0.338. The Balaban J connectivity index is 2.68. The van der Waals surface area contributed by atoms with Gasteiger partial charge < -0.3 is 9.84 Å². The van der Waals surface area contributed by atoms with Crippen molar-refractivity contribution in [2.24, 2.45) is 0 Å². The Morgan fingerprint density at radius 1 is 1.38 bits per heavy atom. The SMILES string of the molecule is O=C(O)COc1ccc(Cl)c(Cl)c1. The summed E-state index contributed by atoms with van der Waals surface area (Å²) in [6, 6.07) is 4.56.